The van der Waals surface area contributed by atoms with Crippen LogP contribution in [0.15, 0.2) is 48.5 Å². The quantitative estimate of drug-likeness (QED) is 0.736. The van der Waals surface area contributed by atoms with Gasteiger partial charge in [0.1, 0.15) is 5.82 Å². The van der Waals surface area contributed by atoms with Crippen molar-refractivity contribution in [3.05, 3.63) is 59.9 Å². The fourth-order valence-corrected chi connectivity index (χ4v) is 2.81. The number of fused-ring (bicyclic) bond motifs is 1. The Bertz CT molecular complexity index is 776. The average molecular weight is 296 g/mol. The van der Waals surface area contributed by atoms with Gasteiger partial charge in [0.05, 0.1) is 0 Å². The third-order valence-corrected chi connectivity index (χ3v) is 4.21. The Morgan fingerprint density at radius 1 is 1.09 bits per heavy atom. The van der Waals surface area contributed by atoms with Crippen molar-refractivity contribution >= 4 is 10.9 Å². The number of nitrogens with zero attached hydrogens (tertiary/aromatic N) is 1. The van der Waals surface area contributed by atoms with Crippen LogP contribution in [0, 0.1) is 5.82 Å². The Labute approximate surface area is 130 Å². The first-order chi connectivity index (χ1) is 10.7. The molecule has 0 aliphatic heterocycles. The fraction of sp³-hybridized carbons (Fsp3) is 0.263. The summed E-state index contributed by atoms with van der Waals surface area (Å²) in [4.78, 5) is 5.75. The van der Waals surface area contributed by atoms with E-state index in [1.54, 1.807) is 12.1 Å². The van der Waals surface area contributed by atoms with E-state index in [4.69, 9.17) is 0 Å². The molecule has 0 saturated heterocycles. The van der Waals surface area contributed by atoms with Gasteiger partial charge in [0.25, 0.3) is 0 Å². The number of rotatable bonds is 5. The number of hydrogen-bond donors (Lipinski definition) is 1. The molecule has 3 aromatic rings. The molecule has 0 atom stereocenters. The van der Waals surface area contributed by atoms with Gasteiger partial charge in [-0.05, 0) is 43.8 Å². The van der Waals surface area contributed by atoms with E-state index in [2.05, 4.69) is 42.1 Å². The van der Waals surface area contributed by atoms with Crippen molar-refractivity contribution in [3.8, 4) is 11.3 Å². The molecular weight excluding hydrogens is 275 g/mol. The summed E-state index contributed by atoms with van der Waals surface area (Å²) in [5.74, 6) is -0.201. The predicted molar refractivity (Wildman–Crippen MR) is 90.6 cm³/mol. The second kappa shape index (κ2) is 6.32. The van der Waals surface area contributed by atoms with Gasteiger partial charge in [0.2, 0.25) is 0 Å². The van der Waals surface area contributed by atoms with Crippen LogP contribution in [0.5, 0.6) is 0 Å². The Balaban J connectivity index is 2.08. The first kappa shape index (κ1) is 14.8. The van der Waals surface area contributed by atoms with Crippen LogP contribution in [0.3, 0.4) is 0 Å². The van der Waals surface area contributed by atoms with Gasteiger partial charge < -0.3 is 9.88 Å². The molecule has 3 rings (SSSR count). The van der Waals surface area contributed by atoms with Crippen molar-refractivity contribution in [2.24, 2.45) is 0 Å². The molecule has 114 valence electrons. The van der Waals surface area contributed by atoms with Crippen LogP contribution < -0.4 is 0 Å². The molecule has 1 aromatic heterocycles. The van der Waals surface area contributed by atoms with E-state index in [0.717, 1.165) is 36.3 Å². The zero-order chi connectivity index (χ0) is 15.5. The topological polar surface area (TPSA) is 19.0 Å². The van der Waals surface area contributed by atoms with Gasteiger partial charge >= 0.3 is 0 Å². The average Bonchev–Trinajstić information content (AvgIpc) is 2.91. The molecule has 22 heavy (non-hydrogen) atoms. The summed E-state index contributed by atoms with van der Waals surface area (Å²) in [6.45, 7) is 4.17. The molecule has 0 fully saturated rings. The smallest absolute Gasteiger partial charge is 0.123 e. The Morgan fingerprint density at radius 3 is 2.68 bits per heavy atom. The summed E-state index contributed by atoms with van der Waals surface area (Å²) in [7, 11) is 2.12. The molecule has 0 unspecified atom stereocenters. The van der Waals surface area contributed by atoms with E-state index in [9.17, 15) is 4.39 Å². The van der Waals surface area contributed by atoms with Crippen molar-refractivity contribution < 1.29 is 4.39 Å². The number of para-hydroxylation sites is 1. The Kier molecular flexibility index (Phi) is 4.25. The zero-order valence-corrected chi connectivity index (χ0v) is 13.1. The SMILES string of the molecule is CCN(C)CCc1c(-c2cccc(F)c2)[nH]c2ccccc12. The maximum Gasteiger partial charge on any atom is 0.123 e. The Morgan fingerprint density at radius 2 is 1.91 bits per heavy atom. The lowest BCUT2D eigenvalue weighted by Crippen LogP contribution is -2.20. The first-order valence-electron chi connectivity index (χ1n) is 7.73. The normalized spacial score (nSPS) is 11.5. The van der Waals surface area contributed by atoms with Crippen LogP contribution in [-0.2, 0) is 6.42 Å². The van der Waals surface area contributed by atoms with Gasteiger partial charge in [-0.25, -0.2) is 4.39 Å². The minimum atomic E-state index is -0.201. The van der Waals surface area contributed by atoms with E-state index < -0.39 is 0 Å². The first-order valence-corrected chi connectivity index (χ1v) is 7.73. The minimum Gasteiger partial charge on any atom is -0.354 e. The van der Waals surface area contributed by atoms with Gasteiger partial charge in [-0.15, -0.1) is 0 Å². The molecule has 0 bridgehead atoms. The fourth-order valence-electron chi connectivity index (χ4n) is 2.81. The third kappa shape index (κ3) is 2.90. The van der Waals surface area contributed by atoms with E-state index in [1.165, 1.54) is 17.0 Å². The summed E-state index contributed by atoms with van der Waals surface area (Å²) in [5.41, 5.74) is 4.31. The van der Waals surface area contributed by atoms with Crippen LogP contribution in [0.1, 0.15) is 12.5 Å². The lowest BCUT2D eigenvalue weighted by molar-refractivity contribution is 0.358. The summed E-state index contributed by atoms with van der Waals surface area (Å²) < 4.78 is 13.6. The highest BCUT2D eigenvalue weighted by Gasteiger charge is 2.13. The number of aromatic nitrogens is 1. The van der Waals surface area contributed by atoms with Gasteiger partial charge in [-0.2, -0.15) is 0 Å². The third-order valence-electron chi connectivity index (χ3n) is 4.21. The standard InChI is InChI=1S/C19H21FN2/c1-3-22(2)12-11-17-16-9-4-5-10-18(16)21-19(17)14-7-6-8-15(20)13-14/h4-10,13,21H,3,11-12H2,1-2H3. The van der Waals surface area contributed by atoms with Crippen molar-refractivity contribution in [1.29, 1.82) is 0 Å². The number of halogens is 1. The number of benzene rings is 2. The van der Waals surface area contributed by atoms with E-state index in [1.807, 2.05) is 12.1 Å². The Hall–Kier alpha value is -2.13. The molecule has 3 heteroatoms. The summed E-state index contributed by atoms with van der Waals surface area (Å²) in [6, 6.07) is 15.1. The van der Waals surface area contributed by atoms with Crippen LogP contribution in [0.4, 0.5) is 4.39 Å². The summed E-state index contributed by atoms with van der Waals surface area (Å²) in [6.07, 6.45) is 0.945. The molecule has 2 nitrogen and oxygen atoms in total. The number of aromatic amines is 1. The maximum atomic E-state index is 13.6. The summed E-state index contributed by atoms with van der Waals surface area (Å²) in [5, 5.41) is 1.23. The van der Waals surface area contributed by atoms with E-state index >= 15 is 0 Å². The van der Waals surface area contributed by atoms with Crippen molar-refractivity contribution in [1.82, 2.24) is 9.88 Å². The molecule has 0 radical (unpaired) electrons. The van der Waals surface area contributed by atoms with Crippen molar-refractivity contribution in [2.75, 3.05) is 20.1 Å². The molecule has 0 aliphatic carbocycles. The van der Waals surface area contributed by atoms with Gasteiger partial charge in [-0.3, -0.25) is 0 Å². The molecule has 0 amide bonds. The number of likely N-dealkylation sites (N-methyl/N-ethyl adjacent to an activating group) is 1. The number of H-pyrrole nitrogens is 1. The second-order valence-electron chi connectivity index (χ2n) is 5.68. The van der Waals surface area contributed by atoms with Crippen LogP contribution in [0.2, 0.25) is 0 Å². The van der Waals surface area contributed by atoms with Gasteiger partial charge in [0.15, 0.2) is 0 Å². The summed E-state index contributed by atoms with van der Waals surface area (Å²) >= 11 is 0. The highest BCUT2D eigenvalue weighted by Crippen LogP contribution is 2.31. The monoisotopic (exact) mass is 296 g/mol. The van der Waals surface area contributed by atoms with Crippen molar-refractivity contribution in [3.63, 3.8) is 0 Å². The zero-order valence-electron chi connectivity index (χ0n) is 13.1. The molecule has 1 N–H and O–H groups in total. The van der Waals surface area contributed by atoms with Crippen LogP contribution in [-0.4, -0.2) is 30.0 Å². The lowest BCUT2D eigenvalue weighted by Gasteiger charge is -2.14. The highest BCUT2D eigenvalue weighted by molar-refractivity contribution is 5.90. The van der Waals surface area contributed by atoms with E-state index in [-0.39, 0.29) is 5.82 Å². The molecule has 2 aromatic carbocycles. The predicted octanol–water partition coefficient (Wildman–Crippen LogP) is 4.47. The number of nitrogens with one attached hydrogen (secondary N) is 1. The van der Waals surface area contributed by atoms with Crippen LogP contribution >= 0.6 is 0 Å². The maximum absolute atomic E-state index is 13.6. The van der Waals surface area contributed by atoms with Gasteiger partial charge in [-0.1, -0.05) is 37.3 Å². The molecule has 1 heterocycles. The lowest BCUT2D eigenvalue weighted by atomic mass is 10.0. The second-order valence-corrected chi connectivity index (χ2v) is 5.68. The highest BCUT2D eigenvalue weighted by atomic mass is 19.1. The molecular formula is C19H21FN2. The van der Waals surface area contributed by atoms with Gasteiger partial charge in [0, 0.05) is 28.7 Å². The molecule has 0 spiro atoms. The van der Waals surface area contributed by atoms with E-state index in [0.29, 0.717) is 0 Å². The van der Waals surface area contributed by atoms with Crippen molar-refractivity contribution in [2.45, 2.75) is 13.3 Å². The number of hydrogen-bond acceptors (Lipinski definition) is 1. The van der Waals surface area contributed by atoms with Crippen LogP contribution in [0.25, 0.3) is 22.2 Å². The molecule has 0 saturated carbocycles. The minimum absolute atomic E-state index is 0.201. The largest absolute Gasteiger partial charge is 0.354 e. The molecule has 0 aliphatic rings.